The first-order chi connectivity index (χ1) is 11.6. The first-order valence-corrected chi connectivity index (χ1v) is 8.62. The largest absolute Gasteiger partial charge is 0.416 e. The smallest absolute Gasteiger partial charge is 0.278 e. The summed E-state index contributed by atoms with van der Waals surface area (Å²) in [7, 11) is -1.10. The topological polar surface area (TPSA) is 66.1 Å². The van der Waals surface area contributed by atoms with Gasteiger partial charge in [0.25, 0.3) is 0 Å². The van der Waals surface area contributed by atoms with E-state index in [9.17, 15) is 21.6 Å². The number of halogens is 3. The van der Waals surface area contributed by atoms with Crippen LogP contribution in [0, 0.1) is 0 Å². The van der Waals surface area contributed by atoms with Crippen molar-refractivity contribution in [2.45, 2.75) is 11.1 Å². The van der Waals surface area contributed by atoms with Gasteiger partial charge in [-0.3, -0.25) is 5.10 Å². The minimum Gasteiger partial charge on any atom is -0.278 e. The zero-order valence-corrected chi connectivity index (χ0v) is 14.1. The molecule has 0 radical (unpaired) electrons. The second kappa shape index (κ2) is 5.85. The molecular weight excluding hydrogens is 355 g/mol. The van der Waals surface area contributed by atoms with Gasteiger partial charge in [0.05, 0.1) is 22.2 Å². The van der Waals surface area contributed by atoms with Gasteiger partial charge >= 0.3 is 6.18 Å². The van der Waals surface area contributed by atoms with E-state index in [0.717, 1.165) is 16.4 Å². The lowest BCUT2D eigenvalue weighted by Crippen LogP contribution is -2.22. The molecule has 3 aromatic rings. The van der Waals surface area contributed by atoms with E-state index in [1.807, 2.05) is 0 Å². The Morgan fingerprint density at radius 1 is 1.08 bits per heavy atom. The van der Waals surface area contributed by atoms with Crippen molar-refractivity contribution in [3.63, 3.8) is 0 Å². The quantitative estimate of drug-likeness (QED) is 0.768. The molecular formula is C16H14F3N3O2S. The summed E-state index contributed by atoms with van der Waals surface area (Å²) in [6.45, 7) is 0. The summed E-state index contributed by atoms with van der Waals surface area (Å²) in [6.07, 6.45) is -3.19. The predicted molar refractivity (Wildman–Crippen MR) is 87.4 cm³/mol. The van der Waals surface area contributed by atoms with Gasteiger partial charge in [0, 0.05) is 25.0 Å². The lowest BCUT2D eigenvalue weighted by molar-refractivity contribution is -0.137. The van der Waals surface area contributed by atoms with Crippen LogP contribution in [0.2, 0.25) is 0 Å². The number of benzene rings is 2. The van der Waals surface area contributed by atoms with E-state index < -0.39 is 21.8 Å². The molecule has 0 saturated carbocycles. The minimum atomic E-state index is -4.57. The highest BCUT2D eigenvalue weighted by Crippen LogP contribution is 2.38. The van der Waals surface area contributed by atoms with Crippen molar-refractivity contribution in [3.05, 3.63) is 48.2 Å². The van der Waals surface area contributed by atoms with Crippen LogP contribution in [0.5, 0.6) is 0 Å². The van der Waals surface area contributed by atoms with E-state index in [2.05, 4.69) is 10.2 Å². The zero-order valence-electron chi connectivity index (χ0n) is 13.3. The summed E-state index contributed by atoms with van der Waals surface area (Å²) in [5.74, 6) is 0. The molecule has 1 N–H and O–H groups in total. The van der Waals surface area contributed by atoms with E-state index >= 15 is 0 Å². The molecule has 2 aromatic carbocycles. The third-order valence-corrected chi connectivity index (χ3v) is 5.70. The third kappa shape index (κ3) is 3.00. The molecule has 3 rings (SSSR count). The molecule has 1 aromatic heterocycles. The number of fused-ring (bicyclic) bond motifs is 1. The first-order valence-electron chi connectivity index (χ1n) is 7.18. The summed E-state index contributed by atoms with van der Waals surface area (Å²) in [5.41, 5.74) is -0.355. The Balaban J connectivity index is 2.37. The second-order valence-corrected chi connectivity index (χ2v) is 7.76. The summed E-state index contributed by atoms with van der Waals surface area (Å²) < 4.78 is 65.8. The molecule has 25 heavy (non-hydrogen) atoms. The number of sulfonamides is 1. The fourth-order valence-corrected chi connectivity index (χ4v) is 3.65. The molecule has 132 valence electrons. The molecule has 0 aliphatic heterocycles. The Bertz CT molecular complexity index is 1040. The van der Waals surface area contributed by atoms with E-state index in [4.69, 9.17) is 0 Å². The highest BCUT2D eigenvalue weighted by molar-refractivity contribution is 7.89. The second-order valence-electron chi connectivity index (χ2n) is 5.64. The average molecular weight is 369 g/mol. The molecule has 0 aliphatic carbocycles. The number of alkyl halides is 3. The van der Waals surface area contributed by atoms with Gasteiger partial charge in [-0.25, -0.2) is 12.7 Å². The van der Waals surface area contributed by atoms with E-state index in [0.29, 0.717) is 5.39 Å². The Morgan fingerprint density at radius 3 is 2.40 bits per heavy atom. The molecule has 0 aliphatic rings. The van der Waals surface area contributed by atoms with Gasteiger partial charge in [0.1, 0.15) is 0 Å². The maximum absolute atomic E-state index is 13.2. The number of hydrogen-bond acceptors (Lipinski definition) is 3. The Hall–Kier alpha value is -2.39. The molecule has 0 atom stereocenters. The van der Waals surface area contributed by atoms with Crippen molar-refractivity contribution in [1.82, 2.24) is 14.5 Å². The third-order valence-electron chi connectivity index (χ3n) is 3.82. The van der Waals surface area contributed by atoms with Crippen LogP contribution in [0.3, 0.4) is 0 Å². The number of H-pyrrole nitrogens is 1. The van der Waals surface area contributed by atoms with Gasteiger partial charge in [0.15, 0.2) is 0 Å². The molecule has 0 bridgehead atoms. The number of aromatic amines is 1. The van der Waals surface area contributed by atoms with Crippen LogP contribution in [0.4, 0.5) is 13.2 Å². The molecule has 5 nitrogen and oxygen atoms in total. The van der Waals surface area contributed by atoms with Crippen molar-refractivity contribution >= 4 is 20.9 Å². The SMILES string of the molecule is CN(C)S(=O)(=O)c1ccccc1-c1cc(C(F)(F)F)cc2[nH]ncc12. The average Bonchev–Trinajstić information content (AvgIpc) is 3.01. The molecule has 9 heteroatoms. The number of nitrogens with zero attached hydrogens (tertiary/aromatic N) is 2. The highest BCUT2D eigenvalue weighted by atomic mass is 32.2. The van der Waals surface area contributed by atoms with Crippen LogP contribution in [-0.2, 0) is 16.2 Å². The standard InChI is InChI=1S/C16H14F3N3O2S/c1-22(2)25(23,24)15-6-4-3-5-11(15)12-7-10(16(17,18)19)8-14-13(12)9-20-21-14/h3-9H,1-2H3,(H,20,21). The van der Waals surface area contributed by atoms with Gasteiger partial charge < -0.3 is 0 Å². The van der Waals surface area contributed by atoms with Crippen molar-refractivity contribution in [2.24, 2.45) is 0 Å². The van der Waals surface area contributed by atoms with Crippen molar-refractivity contribution in [3.8, 4) is 11.1 Å². The molecule has 0 fully saturated rings. The van der Waals surface area contributed by atoms with Gasteiger partial charge in [-0.15, -0.1) is 0 Å². The normalized spacial score (nSPS) is 12.9. The highest BCUT2D eigenvalue weighted by Gasteiger charge is 2.32. The molecule has 0 amide bonds. The number of rotatable bonds is 3. The van der Waals surface area contributed by atoms with E-state index in [1.165, 1.54) is 38.5 Å². The molecule has 0 spiro atoms. The minimum absolute atomic E-state index is 0.0678. The Kier molecular flexibility index (Phi) is 4.08. The number of aromatic nitrogens is 2. The summed E-state index contributed by atoms with van der Waals surface area (Å²) in [5, 5.41) is 6.71. The number of hydrogen-bond donors (Lipinski definition) is 1. The van der Waals surface area contributed by atoms with Crippen LogP contribution >= 0.6 is 0 Å². The number of nitrogens with one attached hydrogen (secondary N) is 1. The predicted octanol–water partition coefficient (Wildman–Crippen LogP) is 3.50. The van der Waals surface area contributed by atoms with Crippen LogP contribution in [-0.4, -0.2) is 37.0 Å². The molecule has 1 heterocycles. The zero-order chi connectivity index (χ0) is 18.4. The van der Waals surface area contributed by atoms with Crippen LogP contribution in [0.15, 0.2) is 47.5 Å². The fraction of sp³-hybridized carbons (Fsp3) is 0.188. The van der Waals surface area contributed by atoms with Gasteiger partial charge in [-0.2, -0.15) is 18.3 Å². The van der Waals surface area contributed by atoms with E-state index in [1.54, 1.807) is 6.07 Å². The van der Waals surface area contributed by atoms with Crippen molar-refractivity contribution in [1.29, 1.82) is 0 Å². The lowest BCUT2D eigenvalue weighted by Gasteiger charge is -2.17. The van der Waals surface area contributed by atoms with Crippen LogP contribution < -0.4 is 0 Å². The molecule has 0 unspecified atom stereocenters. The molecule has 0 saturated heterocycles. The maximum atomic E-state index is 13.2. The summed E-state index contributed by atoms with van der Waals surface area (Å²) in [4.78, 5) is -0.0678. The van der Waals surface area contributed by atoms with E-state index in [-0.39, 0.29) is 21.5 Å². The van der Waals surface area contributed by atoms with Crippen LogP contribution in [0.25, 0.3) is 22.0 Å². The maximum Gasteiger partial charge on any atom is 0.416 e. The summed E-state index contributed by atoms with van der Waals surface area (Å²) >= 11 is 0. The van der Waals surface area contributed by atoms with Crippen LogP contribution in [0.1, 0.15) is 5.56 Å². The first kappa shape index (κ1) is 17.4. The van der Waals surface area contributed by atoms with Crippen molar-refractivity contribution < 1.29 is 21.6 Å². The Labute approximate surface area is 142 Å². The monoisotopic (exact) mass is 369 g/mol. The van der Waals surface area contributed by atoms with Gasteiger partial charge in [-0.05, 0) is 23.8 Å². The lowest BCUT2D eigenvalue weighted by atomic mass is 9.99. The van der Waals surface area contributed by atoms with Crippen molar-refractivity contribution in [2.75, 3.05) is 14.1 Å². The fourth-order valence-electron chi connectivity index (χ4n) is 2.55. The van der Waals surface area contributed by atoms with Gasteiger partial charge in [-0.1, -0.05) is 18.2 Å². The Morgan fingerprint density at radius 2 is 1.76 bits per heavy atom. The van der Waals surface area contributed by atoms with Gasteiger partial charge in [0.2, 0.25) is 10.0 Å². The summed E-state index contributed by atoms with van der Waals surface area (Å²) in [6, 6.07) is 7.86.